The fraction of sp³-hybridized carbons (Fsp3) is 0.700. The van der Waals surface area contributed by atoms with Gasteiger partial charge in [-0.15, -0.1) is 0 Å². The Morgan fingerprint density at radius 3 is 3.00 bits per heavy atom. The van der Waals surface area contributed by atoms with Crippen molar-refractivity contribution in [1.29, 1.82) is 0 Å². The van der Waals surface area contributed by atoms with Gasteiger partial charge in [-0.25, -0.2) is 0 Å². The molecule has 78 valence electrons. The van der Waals surface area contributed by atoms with Crippen LogP contribution in [-0.2, 0) is 11.8 Å². The Morgan fingerprint density at radius 2 is 2.50 bits per heavy atom. The van der Waals surface area contributed by atoms with Gasteiger partial charge in [0, 0.05) is 25.8 Å². The van der Waals surface area contributed by atoms with Gasteiger partial charge in [0.25, 0.3) is 0 Å². The molecule has 1 aromatic rings. The second-order valence-electron chi connectivity index (χ2n) is 3.93. The molecular formula is C10H17N3O. The summed E-state index contributed by atoms with van der Waals surface area (Å²) in [7, 11) is 1.93. The molecule has 1 aliphatic rings. The first-order valence-corrected chi connectivity index (χ1v) is 5.05. The van der Waals surface area contributed by atoms with Crippen molar-refractivity contribution in [3.63, 3.8) is 0 Å². The Balaban J connectivity index is 2.15. The van der Waals surface area contributed by atoms with Crippen molar-refractivity contribution in [2.24, 2.45) is 18.7 Å². The van der Waals surface area contributed by atoms with E-state index in [-0.39, 0.29) is 12.1 Å². The molecule has 1 fully saturated rings. The van der Waals surface area contributed by atoms with Gasteiger partial charge in [0.05, 0.1) is 17.8 Å². The molecule has 1 aliphatic heterocycles. The van der Waals surface area contributed by atoms with Crippen LogP contribution in [-0.4, -0.2) is 22.5 Å². The molecule has 3 unspecified atom stereocenters. The molecule has 3 atom stereocenters. The molecule has 4 nitrogen and oxygen atoms in total. The number of nitrogens with two attached hydrogens (primary N) is 1. The molecule has 1 aromatic heterocycles. The zero-order valence-electron chi connectivity index (χ0n) is 8.68. The molecule has 0 bridgehead atoms. The smallest absolute Gasteiger partial charge is 0.0594 e. The van der Waals surface area contributed by atoms with E-state index < -0.39 is 0 Å². The van der Waals surface area contributed by atoms with Crippen LogP contribution in [0.25, 0.3) is 0 Å². The van der Waals surface area contributed by atoms with Gasteiger partial charge in [0.15, 0.2) is 0 Å². The van der Waals surface area contributed by atoms with Crippen molar-refractivity contribution < 1.29 is 4.74 Å². The molecule has 0 aromatic carbocycles. The van der Waals surface area contributed by atoms with Gasteiger partial charge < -0.3 is 10.5 Å². The van der Waals surface area contributed by atoms with Crippen LogP contribution >= 0.6 is 0 Å². The van der Waals surface area contributed by atoms with E-state index in [2.05, 4.69) is 12.0 Å². The monoisotopic (exact) mass is 195 g/mol. The number of aryl methyl sites for hydroxylation is 1. The topological polar surface area (TPSA) is 53.1 Å². The van der Waals surface area contributed by atoms with E-state index in [1.165, 1.54) is 0 Å². The van der Waals surface area contributed by atoms with Gasteiger partial charge in [-0.1, -0.05) is 0 Å². The van der Waals surface area contributed by atoms with Crippen LogP contribution in [0.4, 0.5) is 0 Å². The summed E-state index contributed by atoms with van der Waals surface area (Å²) >= 11 is 0. The Bertz CT molecular complexity index is 310. The predicted molar refractivity (Wildman–Crippen MR) is 53.7 cm³/mol. The predicted octanol–water partition coefficient (Wildman–Crippen LogP) is 0.845. The zero-order valence-corrected chi connectivity index (χ0v) is 8.68. The lowest BCUT2D eigenvalue weighted by atomic mass is 9.92. The van der Waals surface area contributed by atoms with Crippen molar-refractivity contribution in [3.8, 4) is 0 Å². The highest BCUT2D eigenvalue weighted by molar-refractivity contribution is 5.08. The summed E-state index contributed by atoms with van der Waals surface area (Å²) < 4.78 is 7.36. The van der Waals surface area contributed by atoms with Crippen molar-refractivity contribution in [2.45, 2.75) is 25.5 Å². The highest BCUT2D eigenvalue weighted by Gasteiger charge is 2.31. The molecule has 0 spiro atoms. The lowest BCUT2D eigenvalue weighted by Crippen LogP contribution is -2.28. The molecule has 2 rings (SSSR count). The minimum Gasteiger partial charge on any atom is -0.378 e. The number of hydrogen-bond acceptors (Lipinski definition) is 3. The maximum absolute atomic E-state index is 6.20. The zero-order chi connectivity index (χ0) is 10.1. The second kappa shape index (κ2) is 3.71. The van der Waals surface area contributed by atoms with Crippen LogP contribution < -0.4 is 5.73 Å². The first kappa shape index (κ1) is 9.68. The number of rotatable bonds is 2. The van der Waals surface area contributed by atoms with E-state index >= 15 is 0 Å². The van der Waals surface area contributed by atoms with Gasteiger partial charge in [-0.2, -0.15) is 5.10 Å². The van der Waals surface area contributed by atoms with Gasteiger partial charge in [0.1, 0.15) is 0 Å². The number of ether oxygens (including phenoxy) is 1. The van der Waals surface area contributed by atoms with E-state index in [0.717, 1.165) is 18.7 Å². The molecular weight excluding hydrogens is 178 g/mol. The second-order valence-corrected chi connectivity index (χ2v) is 3.93. The lowest BCUT2D eigenvalue weighted by Gasteiger charge is -2.21. The number of hydrogen-bond donors (Lipinski definition) is 1. The van der Waals surface area contributed by atoms with E-state index in [1.807, 2.05) is 17.8 Å². The summed E-state index contributed by atoms with van der Waals surface area (Å²) in [6.07, 6.45) is 3.10. The molecule has 14 heavy (non-hydrogen) atoms. The van der Waals surface area contributed by atoms with Crippen LogP contribution in [0.2, 0.25) is 0 Å². The third-order valence-corrected chi connectivity index (χ3v) is 3.10. The average Bonchev–Trinajstić information content (AvgIpc) is 2.73. The van der Waals surface area contributed by atoms with E-state index in [9.17, 15) is 0 Å². The largest absolute Gasteiger partial charge is 0.378 e. The SMILES string of the molecule is CC1OCCC1C(N)c1ccnn1C. The van der Waals surface area contributed by atoms with Gasteiger partial charge >= 0.3 is 0 Å². The molecule has 2 heterocycles. The molecule has 0 saturated carbocycles. The average molecular weight is 195 g/mol. The molecule has 1 saturated heterocycles. The minimum absolute atomic E-state index is 0.0417. The van der Waals surface area contributed by atoms with E-state index in [1.54, 1.807) is 6.20 Å². The molecule has 4 heteroatoms. The molecule has 0 amide bonds. The Hall–Kier alpha value is -0.870. The third-order valence-electron chi connectivity index (χ3n) is 3.10. The van der Waals surface area contributed by atoms with Crippen molar-refractivity contribution in [3.05, 3.63) is 18.0 Å². The number of nitrogens with zero attached hydrogens (tertiary/aromatic N) is 2. The maximum Gasteiger partial charge on any atom is 0.0594 e. The van der Waals surface area contributed by atoms with Crippen molar-refractivity contribution in [1.82, 2.24) is 9.78 Å². The third kappa shape index (κ3) is 1.55. The Morgan fingerprint density at radius 1 is 1.71 bits per heavy atom. The summed E-state index contributed by atoms with van der Waals surface area (Å²) in [6, 6.07) is 2.02. The first-order valence-electron chi connectivity index (χ1n) is 5.05. The standard InChI is InChI=1S/C10H17N3O/c1-7-8(4-6-14-7)10(11)9-3-5-12-13(9)2/h3,5,7-8,10H,4,6,11H2,1-2H3. The van der Waals surface area contributed by atoms with Crippen molar-refractivity contribution >= 4 is 0 Å². The summed E-state index contributed by atoms with van der Waals surface area (Å²) in [5.41, 5.74) is 7.29. The Labute approximate surface area is 84.0 Å². The fourth-order valence-corrected chi connectivity index (χ4v) is 2.15. The maximum atomic E-state index is 6.20. The summed E-state index contributed by atoms with van der Waals surface area (Å²) in [6.45, 7) is 2.92. The van der Waals surface area contributed by atoms with Gasteiger partial charge in [-0.3, -0.25) is 4.68 Å². The van der Waals surface area contributed by atoms with Gasteiger partial charge in [0.2, 0.25) is 0 Å². The lowest BCUT2D eigenvalue weighted by molar-refractivity contribution is 0.0988. The van der Waals surface area contributed by atoms with E-state index in [0.29, 0.717) is 5.92 Å². The first-order chi connectivity index (χ1) is 6.70. The Kier molecular flexibility index (Phi) is 2.56. The van der Waals surface area contributed by atoms with Gasteiger partial charge in [-0.05, 0) is 19.4 Å². The normalized spacial score (nSPS) is 29.4. The molecule has 0 radical (unpaired) electrons. The highest BCUT2D eigenvalue weighted by atomic mass is 16.5. The van der Waals surface area contributed by atoms with Crippen LogP contribution in [0, 0.1) is 5.92 Å². The number of aromatic nitrogens is 2. The summed E-state index contributed by atoms with van der Waals surface area (Å²) in [4.78, 5) is 0. The van der Waals surface area contributed by atoms with Crippen LogP contribution in [0.5, 0.6) is 0 Å². The molecule has 2 N–H and O–H groups in total. The molecule has 0 aliphatic carbocycles. The quantitative estimate of drug-likeness (QED) is 0.761. The van der Waals surface area contributed by atoms with Crippen LogP contribution in [0.3, 0.4) is 0 Å². The fourth-order valence-electron chi connectivity index (χ4n) is 2.15. The summed E-state index contributed by atoms with van der Waals surface area (Å²) in [5.74, 6) is 0.422. The van der Waals surface area contributed by atoms with Crippen LogP contribution in [0.15, 0.2) is 12.3 Å². The van der Waals surface area contributed by atoms with Crippen molar-refractivity contribution in [2.75, 3.05) is 6.61 Å². The van der Waals surface area contributed by atoms with E-state index in [4.69, 9.17) is 10.5 Å². The van der Waals surface area contributed by atoms with Crippen LogP contribution in [0.1, 0.15) is 25.1 Å². The minimum atomic E-state index is 0.0417. The summed E-state index contributed by atoms with van der Waals surface area (Å²) in [5, 5.41) is 4.13. The highest BCUT2D eigenvalue weighted by Crippen LogP contribution is 2.30.